The zero-order valence-electron chi connectivity index (χ0n) is 19.1. The minimum Gasteiger partial charge on any atom is -0.494 e. The van der Waals surface area contributed by atoms with E-state index in [1.54, 1.807) is 72.8 Å². The molecule has 0 unspecified atom stereocenters. The maximum Gasteiger partial charge on any atom is 0.488 e. The van der Waals surface area contributed by atoms with Crippen molar-refractivity contribution in [3.05, 3.63) is 91.0 Å². The van der Waals surface area contributed by atoms with Gasteiger partial charge in [0.15, 0.2) is 0 Å². The largest absolute Gasteiger partial charge is 0.494 e. The van der Waals surface area contributed by atoms with E-state index >= 15 is 0 Å². The van der Waals surface area contributed by atoms with Crippen molar-refractivity contribution < 1.29 is 33.8 Å². The van der Waals surface area contributed by atoms with Crippen LogP contribution in [0.25, 0.3) is 0 Å². The van der Waals surface area contributed by atoms with Crippen LogP contribution in [0.3, 0.4) is 0 Å². The van der Waals surface area contributed by atoms with E-state index in [1.807, 2.05) is 0 Å². The molecule has 0 heterocycles. The van der Waals surface area contributed by atoms with E-state index in [0.717, 1.165) is 23.9 Å². The molecule has 3 N–H and O–H groups in total. The lowest BCUT2D eigenvalue weighted by atomic mass is 9.80. The fourth-order valence-corrected chi connectivity index (χ4v) is 2.99. The summed E-state index contributed by atoms with van der Waals surface area (Å²) in [6, 6.07) is 20.2. The Morgan fingerprint density at radius 1 is 0.829 bits per heavy atom. The van der Waals surface area contributed by atoms with Gasteiger partial charge >= 0.3 is 19.1 Å². The van der Waals surface area contributed by atoms with Gasteiger partial charge in [0.05, 0.1) is 18.8 Å². The summed E-state index contributed by atoms with van der Waals surface area (Å²) in [7, 11) is -1.51. The molecular weight excluding hydrogens is 449 g/mol. The van der Waals surface area contributed by atoms with Gasteiger partial charge in [-0.3, -0.25) is 0 Å². The van der Waals surface area contributed by atoms with Crippen LogP contribution in [0.5, 0.6) is 11.5 Å². The van der Waals surface area contributed by atoms with E-state index in [1.165, 1.54) is 0 Å². The standard InChI is InChI=1S/C26H26BNO7/c1-2-25(29)34-18-4-3-17-33-23-13-5-19(6-14-23)26(30)35-24-15-11-22(12-16-24)28-21-9-7-20(8-10-21)27(31)32/h2,5-16,28,31-32H,1,3-4,17-18H2. The third kappa shape index (κ3) is 8.33. The predicted octanol–water partition coefficient (Wildman–Crippen LogP) is 3.22. The minimum absolute atomic E-state index is 0.318. The summed E-state index contributed by atoms with van der Waals surface area (Å²) in [4.78, 5) is 23.4. The van der Waals surface area contributed by atoms with Gasteiger partial charge in [-0.05, 0) is 79.0 Å². The lowest BCUT2D eigenvalue weighted by molar-refractivity contribution is -0.137. The van der Waals surface area contributed by atoms with Crippen LogP contribution in [-0.2, 0) is 9.53 Å². The van der Waals surface area contributed by atoms with Gasteiger partial charge < -0.3 is 29.6 Å². The molecule has 9 heteroatoms. The van der Waals surface area contributed by atoms with Gasteiger partial charge in [-0.1, -0.05) is 18.7 Å². The highest BCUT2D eigenvalue weighted by molar-refractivity contribution is 6.58. The molecule has 0 aliphatic rings. The molecule has 0 aromatic heterocycles. The van der Waals surface area contributed by atoms with Crippen LogP contribution in [0.4, 0.5) is 11.4 Å². The highest BCUT2D eigenvalue weighted by Gasteiger charge is 2.11. The fourth-order valence-electron chi connectivity index (χ4n) is 2.99. The van der Waals surface area contributed by atoms with Crippen molar-refractivity contribution >= 4 is 35.9 Å². The number of anilines is 2. The van der Waals surface area contributed by atoms with Gasteiger partial charge in [-0.15, -0.1) is 0 Å². The summed E-state index contributed by atoms with van der Waals surface area (Å²) < 4.78 is 16.0. The molecule has 0 atom stereocenters. The highest BCUT2D eigenvalue weighted by Crippen LogP contribution is 2.21. The molecule has 0 aliphatic carbocycles. The lowest BCUT2D eigenvalue weighted by Crippen LogP contribution is -2.29. The second-order valence-electron chi connectivity index (χ2n) is 7.49. The summed E-state index contributed by atoms with van der Waals surface area (Å²) in [5.41, 5.74) is 2.35. The van der Waals surface area contributed by atoms with E-state index in [0.29, 0.717) is 42.2 Å². The first-order valence-corrected chi connectivity index (χ1v) is 11.0. The van der Waals surface area contributed by atoms with Gasteiger partial charge in [0.1, 0.15) is 11.5 Å². The molecule has 180 valence electrons. The van der Waals surface area contributed by atoms with Crippen LogP contribution >= 0.6 is 0 Å². The summed E-state index contributed by atoms with van der Waals surface area (Å²) in [5, 5.41) is 21.5. The number of ether oxygens (including phenoxy) is 3. The average molecular weight is 475 g/mol. The molecule has 0 spiro atoms. The second kappa shape index (κ2) is 13.0. The second-order valence-corrected chi connectivity index (χ2v) is 7.49. The number of carbonyl (C=O) groups excluding carboxylic acids is 2. The normalized spacial score (nSPS) is 10.2. The molecular formula is C26H26BNO7. The maximum absolute atomic E-state index is 12.4. The van der Waals surface area contributed by atoms with E-state index in [2.05, 4.69) is 11.9 Å². The van der Waals surface area contributed by atoms with Crippen LogP contribution in [0.1, 0.15) is 23.2 Å². The summed E-state index contributed by atoms with van der Waals surface area (Å²) in [6.45, 7) is 4.12. The Kier molecular flexibility index (Phi) is 9.47. The third-order valence-electron chi connectivity index (χ3n) is 4.87. The number of rotatable bonds is 12. The first-order chi connectivity index (χ1) is 16.9. The van der Waals surface area contributed by atoms with Gasteiger partial charge in [0, 0.05) is 17.5 Å². The van der Waals surface area contributed by atoms with Crippen LogP contribution in [0, 0.1) is 0 Å². The van der Waals surface area contributed by atoms with Crippen molar-refractivity contribution in [1.82, 2.24) is 0 Å². The van der Waals surface area contributed by atoms with Gasteiger partial charge in [-0.2, -0.15) is 0 Å². The Balaban J connectivity index is 1.43. The zero-order chi connectivity index (χ0) is 25.0. The lowest BCUT2D eigenvalue weighted by Gasteiger charge is -2.10. The number of hydrogen-bond acceptors (Lipinski definition) is 8. The number of benzene rings is 3. The Morgan fingerprint density at radius 3 is 2.00 bits per heavy atom. The number of unbranched alkanes of at least 4 members (excludes halogenated alkanes) is 1. The van der Waals surface area contributed by atoms with Crippen molar-refractivity contribution in [1.29, 1.82) is 0 Å². The Hall–Kier alpha value is -4.08. The third-order valence-corrected chi connectivity index (χ3v) is 4.87. The topological polar surface area (TPSA) is 114 Å². The van der Waals surface area contributed by atoms with Crippen LogP contribution < -0.4 is 20.3 Å². The van der Waals surface area contributed by atoms with E-state index < -0.39 is 19.1 Å². The summed E-state index contributed by atoms with van der Waals surface area (Å²) >= 11 is 0. The minimum atomic E-state index is -1.51. The highest BCUT2D eigenvalue weighted by atomic mass is 16.5. The molecule has 0 saturated carbocycles. The molecule has 0 saturated heterocycles. The first-order valence-electron chi connectivity index (χ1n) is 11.0. The first kappa shape index (κ1) is 25.5. The predicted molar refractivity (Wildman–Crippen MR) is 133 cm³/mol. The molecule has 0 bridgehead atoms. The van der Waals surface area contributed by atoms with Gasteiger partial charge in [-0.25, -0.2) is 9.59 Å². The van der Waals surface area contributed by atoms with Crippen molar-refractivity contribution in [3.63, 3.8) is 0 Å². The van der Waals surface area contributed by atoms with Gasteiger partial charge in [0.25, 0.3) is 0 Å². The Bertz CT molecular complexity index is 1110. The number of nitrogens with one attached hydrogen (secondary N) is 1. The van der Waals surface area contributed by atoms with Crippen LogP contribution in [-0.4, -0.2) is 42.3 Å². The van der Waals surface area contributed by atoms with E-state index in [4.69, 9.17) is 24.3 Å². The maximum atomic E-state index is 12.4. The quantitative estimate of drug-likeness (QED) is 0.120. The summed E-state index contributed by atoms with van der Waals surface area (Å²) in [6.07, 6.45) is 2.53. The van der Waals surface area contributed by atoms with Crippen molar-refractivity contribution in [2.24, 2.45) is 0 Å². The molecule has 0 aliphatic heterocycles. The molecule has 3 aromatic rings. The average Bonchev–Trinajstić information content (AvgIpc) is 2.87. The molecule has 8 nitrogen and oxygen atoms in total. The smallest absolute Gasteiger partial charge is 0.488 e. The number of esters is 2. The SMILES string of the molecule is C=CC(=O)OCCCCOc1ccc(C(=O)Oc2ccc(Nc3ccc(B(O)O)cc3)cc2)cc1. The number of hydrogen-bond donors (Lipinski definition) is 3. The van der Waals surface area contributed by atoms with Crippen molar-refractivity contribution in [2.75, 3.05) is 18.5 Å². The van der Waals surface area contributed by atoms with E-state index in [-0.39, 0.29) is 0 Å². The zero-order valence-corrected chi connectivity index (χ0v) is 19.1. The van der Waals surface area contributed by atoms with Crippen LogP contribution in [0.2, 0.25) is 0 Å². The molecule has 0 radical (unpaired) electrons. The Morgan fingerprint density at radius 2 is 1.40 bits per heavy atom. The summed E-state index contributed by atoms with van der Waals surface area (Å²) in [5.74, 6) is 0.103. The van der Waals surface area contributed by atoms with Crippen molar-refractivity contribution in [2.45, 2.75) is 12.8 Å². The van der Waals surface area contributed by atoms with Crippen LogP contribution in [0.15, 0.2) is 85.5 Å². The molecule has 0 amide bonds. The van der Waals surface area contributed by atoms with Crippen molar-refractivity contribution in [3.8, 4) is 11.5 Å². The molecule has 3 rings (SSSR count). The molecule has 3 aromatic carbocycles. The van der Waals surface area contributed by atoms with E-state index in [9.17, 15) is 9.59 Å². The monoisotopic (exact) mass is 475 g/mol. The number of carbonyl (C=O) groups is 2. The Labute approximate surface area is 203 Å². The molecule has 35 heavy (non-hydrogen) atoms. The molecule has 0 fully saturated rings. The fraction of sp³-hybridized carbons (Fsp3) is 0.154. The van der Waals surface area contributed by atoms with Gasteiger partial charge in [0.2, 0.25) is 0 Å².